The molecule has 0 heterocycles. The molecule has 29 heavy (non-hydrogen) atoms. The van der Waals surface area contributed by atoms with E-state index in [0.717, 1.165) is 37.6 Å². The van der Waals surface area contributed by atoms with Gasteiger partial charge in [0.25, 0.3) is 0 Å². The Hall–Kier alpha value is -1.06. The van der Waals surface area contributed by atoms with Gasteiger partial charge in [-0.1, -0.05) is 24.4 Å². The van der Waals surface area contributed by atoms with Gasteiger partial charge in [0, 0.05) is 51.0 Å². The van der Waals surface area contributed by atoms with Crippen LogP contribution in [0.4, 0.5) is 5.69 Å². The number of hydrogen-bond acceptors (Lipinski definition) is 3. The molecule has 8 heteroatoms. The Morgan fingerprint density at radius 2 is 1.90 bits per heavy atom. The largest absolute Gasteiger partial charge is 0.385 e. The van der Waals surface area contributed by atoms with Gasteiger partial charge in [0.15, 0.2) is 5.96 Å². The maximum absolute atomic E-state index is 12.0. The number of nitrogens with one attached hydrogen (secondary N) is 3. The van der Waals surface area contributed by atoms with E-state index in [2.05, 4.69) is 20.9 Å². The Kier molecular flexibility index (Phi) is 12.6. The highest BCUT2D eigenvalue weighted by atomic mass is 127. The molecule has 1 amide bonds. The van der Waals surface area contributed by atoms with E-state index in [1.54, 1.807) is 38.4 Å². The van der Waals surface area contributed by atoms with Gasteiger partial charge < -0.3 is 20.7 Å². The summed E-state index contributed by atoms with van der Waals surface area (Å²) in [5.41, 5.74) is 1.07. The minimum atomic E-state index is -0.00320. The molecule has 1 aromatic carbocycles. The summed E-state index contributed by atoms with van der Waals surface area (Å²) in [6, 6.07) is 7.12. The van der Waals surface area contributed by atoms with E-state index in [1.165, 1.54) is 25.7 Å². The molecule has 0 spiro atoms. The van der Waals surface area contributed by atoms with Crippen molar-refractivity contribution in [1.29, 1.82) is 0 Å². The Balaban J connectivity index is 0.00000420. The fraction of sp³-hybridized carbons (Fsp3) is 0.619. The molecule has 0 bridgehead atoms. The maximum atomic E-state index is 12.0. The number of anilines is 1. The van der Waals surface area contributed by atoms with Gasteiger partial charge in [0.2, 0.25) is 5.91 Å². The smallest absolute Gasteiger partial charge is 0.224 e. The van der Waals surface area contributed by atoms with Crippen molar-refractivity contribution < 1.29 is 9.53 Å². The van der Waals surface area contributed by atoms with Gasteiger partial charge in [0.1, 0.15) is 0 Å². The number of carbonyl (C=O) groups excluding carboxylic acids is 1. The van der Waals surface area contributed by atoms with Crippen LogP contribution in [0.2, 0.25) is 5.02 Å². The summed E-state index contributed by atoms with van der Waals surface area (Å²) in [4.78, 5) is 16.3. The van der Waals surface area contributed by atoms with Crippen LogP contribution in [0.15, 0.2) is 29.3 Å². The number of aliphatic imine (C=N–C) groups is 1. The zero-order valence-corrected chi connectivity index (χ0v) is 20.5. The molecule has 0 aliphatic heterocycles. The van der Waals surface area contributed by atoms with Crippen LogP contribution in [-0.4, -0.2) is 45.7 Å². The van der Waals surface area contributed by atoms with Gasteiger partial charge in [-0.25, -0.2) is 0 Å². The molecule has 0 radical (unpaired) electrons. The molecule has 0 unspecified atom stereocenters. The third-order valence-corrected chi connectivity index (χ3v) is 5.61. The molecule has 3 N–H and O–H groups in total. The molecular formula is C21H34ClIN4O2. The molecule has 1 aliphatic rings. The van der Waals surface area contributed by atoms with E-state index in [9.17, 15) is 4.79 Å². The van der Waals surface area contributed by atoms with Gasteiger partial charge in [-0.3, -0.25) is 9.79 Å². The first kappa shape index (κ1) is 26.0. The lowest BCUT2D eigenvalue weighted by Gasteiger charge is -2.30. The van der Waals surface area contributed by atoms with Crippen molar-refractivity contribution in [2.45, 2.75) is 44.9 Å². The topological polar surface area (TPSA) is 74.8 Å². The number of methoxy groups -OCH3 is 1. The lowest BCUT2D eigenvalue weighted by molar-refractivity contribution is -0.116. The second-order valence-corrected chi connectivity index (χ2v) is 7.90. The van der Waals surface area contributed by atoms with E-state index in [-0.39, 0.29) is 29.9 Å². The number of ether oxygens (including phenoxy) is 1. The van der Waals surface area contributed by atoms with E-state index in [1.807, 2.05) is 0 Å². The minimum absolute atomic E-state index is 0. The molecule has 1 fully saturated rings. The molecule has 164 valence electrons. The Bertz CT molecular complexity index is 634. The normalized spacial score (nSPS) is 15.5. The number of rotatable bonds is 10. The monoisotopic (exact) mass is 536 g/mol. The van der Waals surface area contributed by atoms with Gasteiger partial charge in [-0.15, -0.1) is 24.0 Å². The van der Waals surface area contributed by atoms with Crippen molar-refractivity contribution >= 4 is 53.1 Å². The molecule has 2 rings (SSSR count). The fourth-order valence-corrected chi connectivity index (χ4v) is 3.79. The molecule has 1 aliphatic carbocycles. The Morgan fingerprint density at radius 1 is 1.21 bits per heavy atom. The summed E-state index contributed by atoms with van der Waals surface area (Å²) in [5.74, 6) is 0.790. The third-order valence-electron chi connectivity index (χ3n) is 5.36. The minimum Gasteiger partial charge on any atom is -0.385 e. The molecule has 0 atom stereocenters. The highest BCUT2D eigenvalue weighted by Crippen LogP contribution is 2.40. The standard InChI is InChI=1S/C21H33ClN4O2.HI/c1-23-20(25-16-21(13-15-28-2)11-3-4-12-21)24-14-5-6-19(27)26-18-9-7-17(22)8-10-18;/h7-10H,3-6,11-16H2,1-2H3,(H,26,27)(H2,23,24,25);1H. The summed E-state index contributed by atoms with van der Waals surface area (Å²) in [6.45, 7) is 2.41. The highest BCUT2D eigenvalue weighted by Gasteiger charge is 2.33. The zero-order chi connectivity index (χ0) is 20.2. The van der Waals surface area contributed by atoms with Crippen LogP contribution in [0.25, 0.3) is 0 Å². The average molecular weight is 537 g/mol. The fourth-order valence-electron chi connectivity index (χ4n) is 3.66. The Morgan fingerprint density at radius 3 is 2.52 bits per heavy atom. The molecule has 1 aromatic rings. The van der Waals surface area contributed by atoms with Crippen LogP contribution in [0, 0.1) is 5.41 Å². The van der Waals surface area contributed by atoms with Crippen molar-refractivity contribution in [2.75, 3.05) is 39.2 Å². The molecule has 6 nitrogen and oxygen atoms in total. The van der Waals surface area contributed by atoms with Gasteiger partial charge in [-0.2, -0.15) is 0 Å². The van der Waals surface area contributed by atoms with Crippen molar-refractivity contribution in [3.63, 3.8) is 0 Å². The van der Waals surface area contributed by atoms with Crippen molar-refractivity contribution in [3.05, 3.63) is 29.3 Å². The van der Waals surface area contributed by atoms with E-state index in [0.29, 0.717) is 23.4 Å². The van der Waals surface area contributed by atoms with Crippen LogP contribution in [0.3, 0.4) is 0 Å². The number of benzene rings is 1. The van der Waals surface area contributed by atoms with Crippen molar-refractivity contribution in [2.24, 2.45) is 10.4 Å². The second-order valence-electron chi connectivity index (χ2n) is 7.46. The summed E-state index contributed by atoms with van der Waals surface area (Å²) >= 11 is 5.85. The summed E-state index contributed by atoms with van der Waals surface area (Å²) in [6.07, 6.45) is 7.33. The summed E-state index contributed by atoms with van der Waals surface area (Å²) < 4.78 is 5.29. The first-order chi connectivity index (χ1) is 13.6. The lowest BCUT2D eigenvalue weighted by Crippen LogP contribution is -2.43. The lowest BCUT2D eigenvalue weighted by atomic mass is 9.83. The maximum Gasteiger partial charge on any atom is 0.224 e. The first-order valence-corrected chi connectivity index (χ1v) is 10.4. The predicted molar refractivity (Wildman–Crippen MR) is 131 cm³/mol. The van der Waals surface area contributed by atoms with E-state index >= 15 is 0 Å². The number of amides is 1. The number of nitrogens with zero attached hydrogens (tertiary/aromatic N) is 1. The van der Waals surface area contributed by atoms with Crippen molar-refractivity contribution in [1.82, 2.24) is 10.6 Å². The average Bonchev–Trinajstić information content (AvgIpc) is 3.17. The van der Waals surface area contributed by atoms with Gasteiger partial charge in [0.05, 0.1) is 0 Å². The van der Waals surface area contributed by atoms with Crippen LogP contribution in [-0.2, 0) is 9.53 Å². The highest BCUT2D eigenvalue weighted by molar-refractivity contribution is 14.0. The zero-order valence-electron chi connectivity index (χ0n) is 17.4. The van der Waals surface area contributed by atoms with Crippen molar-refractivity contribution in [3.8, 4) is 0 Å². The SMILES string of the molecule is CN=C(NCCCC(=O)Nc1ccc(Cl)cc1)NCC1(CCOC)CCCC1.I. The van der Waals surface area contributed by atoms with Crippen LogP contribution < -0.4 is 16.0 Å². The van der Waals surface area contributed by atoms with Gasteiger partial charge in [-0.05, 0) is 55.4 Å². The van der Waals surface area contributed by atoms with Crippen LogP contribution in [0.5, 0.6) is 0 Å². The predicted octanol–water partition coefficient (Wildman–Crippen LogP) is 4.44. The number of halogens is 2. The molecule has 0 aromatic heterocycles. The molecule has 1 saturated carbocycles. The summed E-state index contributed by atoms with van der Waals surface area (Å²) in [7, 11) is 3.54. The van der Waals surface area contributed by atoms with E-state index in [4.69, 9.17) is 16.3 Å². The van der Waals surface area contributed by atoms with E-state index < -0.39 is 0 Å². The third kappa shape index (κ3) is 9.53. The summed E-state index contributed by atoms with van der Waals surface area (Å²) in [5, 5.41) is 10.3. The molecule has 0 saturated heterocycles. The quantitative estimate of drug-likeness (QED) is 0.179. The first-order valence-electron chi connectivity index (χ1n) is 10.1. The van der Waals surface area contributed by atoms with Crippen LogP contribution >= 0.6 is 35.6 Å². The van der Waals surface area contributed by atoms with Gasteiger partial charge >= 0.3 is 0 Å². The molecular weight excluding hydrogens is 503 g/mol. The Labute approximate surface area is 196 Å². The number of hydrogen-bond donors (Lipinski definition) is 3. The second kappa shape index (κ2) is 14.0. The number of carbonyl (C=O) groups is 1. The van der Waals surface area contributed by atoms with Crippen LogP contribution in [0.1, 0.15) is 44.9 Å². The number of guanidine groups is 1.